The SMILES string of the molecule is Cc1ccc(C(=O)Cn2nc(-c3cccc(Br)c3)ccc2=O)c(C)c1. The zero-order chi connectivity index (χ0) is 18.0. The van der Waals surface area contributed by atoms with E-state index in [9.17, 15) is 9.59 Å². The van der Waals surface area contributed by atoms with Crippen LogP contribution in [0.2, 0.25) is 0 Å². The van der Waals surface area contributed by atoms with Crippen molar-refractivity contribution in [2.24, 2.45) is 0 Å². The molecule has 126 valence electrons. The quantitative estimate of drug-likeness (QED) is 0.621. The van der Waals surface area contributed by atoms with Gasteiger partial charge in [-0.25, -0.2) is 4.68 Å². The fourth-order valence-corrected chi connectivity index (χ4v) is 3.11. The molecule has 3 aromatic rings. The molecule has 0 bridgehead atoms. The van der Waals surface area contributed by atoms with E-state index in [1.165, 1.54) is 10.7 Å². The first kappa shape index (κ1) is 17.3. The predicted molar refractivity (Wildman–Crippen MR) is 102 cm³/mol. The van der Waals surface area contributed by atoms with E-state index in [1.807, 2.05) is 50.2 Å². The first-order valence-electron chi connectivity index (χ1n) is 7.88. The highest BCUT2D eigenvalue weighted by Gasteiger charge is 2.12. The minimum Gasteiger partial charge on any atom is -0.292 e. The molecule has 0 spiro atoms. The summed E-state index contributed by atoms with van der Waals surface area (Å²) in [5.41, 5.74) is 3.85. The van der Waals surface area contributed by atoms with Crippen LogP contribution < -0.4 is 5.56 Å². The van der Waals surface area contributed by atoms with Crippen molar-refractivity contribution in [2.75, 3.05) is 0 Å². The normalized spacial score (nSPS) is 10.7. The maximum atomic E-state index is 12.6. The molecule has 5 heteroatoms. The lowest BCUT2D eigenvalue weighted by atomic mass is 10.0. The van der Waals surface area contributed by atoms with Gasteiger partial charge in [0.2, 0.25) is 0 Å². The number of aryl methyl sites for hydroxylation is 2. The topological polar surface area (TPSA) is 52.0 Å². The fourth-order valence-electron chi connectivity index (χ4n) is 2.71. The summed E-state index contributed by atoms with van der Waals surface area (Å²) in [6.45, 7) is 3.80. The molecule has 0 aliphatic rings. The van der Waals surface area contributed by atoms with Gasteiger partial charge < -0.3 is 0 Å². The van der Waals surface area contributed by atoms with Crippen molar-refractivity contribution in [1.29, 1.82) is 0 Å². The molecule has 0 N–H and O–H groups in total. The zero-order valence-corrected chi connectivity index (χ0v) is 15.6. The molecular weight excluding hydrogens is 380 g/mol. The molecule has 3 rings (SSSR count). The molecule has 0 unspecified atom stereocenters. The fraction of sp³-hybridized carbons (Fsp3) is 0.150. The molecule has 0 amide bonds. The first-order chi connectivity index (χ1) is 11.9. The Balaban J connectivity index is 1.93. The van der Waals surface area contributed by atoms with Crippen LogP contribution in [0.15, 0.2) is 63.9 Å². The number of benzene rings is 2. The second-order valence-corrected chi connectivity index (χ2v) is 6.88. The van der Waals surface area contributed by atoms with Gasteiger partial charge in [0.25, 0.3) is 5.56 Å². The van der Waals surface area contributed by atoms with Crippen molar-refractivity contribution in [3.8, 4) is 11.3 Å². The summed E-state index contributed by atoms with van der Waals surface area (Å²) in [4.78, 5) is 24.7. The molecule has 4 nitrogen and oxygen atoms in total. The van der Waals surface area contributed by atoms with E-state index in [0.717, 1.165) is 21.2 Å². The third kappa shape index (κ3) is 3.94. The standard InChI is InChI=1S/C20H17BrN2O2/c1-13-6-7-17(14(2)10-13)19(24)12-23-20(25)9-8-18(22-23)15-4-3-5-16(21)11-15/h3-11H,12H2,1-2H3. The Labute approximate surface area is 154 Å². The zero-order valence-electron chi connectivity index (χ0n) is 14.0. The van der Waals surface area contributed by atoms with E-state index < -0.39 is 0 Å². The molecule has 0 aliphatic carbocycles. The molecule has 25 heavy (non-hydrogen) atoms. The van der Waals surface area contributed by atoms with E-state index in [4.69, 9.17) is 0 Å². The van der Waals surface area contributed by atoms with Crippen LogP contribution in [0.25, 0.3) is 11.3 Å². The highest BCUT2D eigenvalue weighted by Crippen LogP contribution is 2.20. The number of nitrogens with zero attached hydrogens (tertiary/aromatic N) is 2. The third-order valence-corrected chi connectivity index (χ3v) is 4.46. The van der Waals surface area contributed by atoms with Crippen LogP contribution in [-0.4, -0.2) is 15.6 Å². The lowest BCUT2D eigenvalue weighted by molar-refractivity contribution is 0.0965. The number of carbonyl (C=O) groups excluding carboxylic acids is 1. The largest absolute Gasteiger partial charge is 0.292 e. The predicted octanol–water partition coefficient (Wildman–Crippen LogP) is 4.17. The van der Waals surface area contributed by atoms with Gasteiger partial charge in [-0.15, -0.1) is 0 Å². The number of halogens is 1. The minimum absolute atomic E-state index is 0.0788. The number of aromatic nitrogens is 2. The van der Waals surface area contributed by atoms with Gasteiger partial charge in [-0.2, -0.15) is 5.10 Å². The van der Waals surface area contributed by atoms with Gasteiger partial charge in [0.05, 0.1) is 5.69 Å². The number of rotatable bonds is 4. The van der Waals surface area contributed by atoms with Crippen molar-refractivity contribution in [3.63, 3.8) is 0 Å². The molecule has 0 fully saturated rings. The van der Waals surface area contributed by atoms with E-state index in [0.29, 0.717) is 11.3 Å². The van der Waals surface area contributed by atoms with E-state index in [-0.39, 0.29) is 17.9 Å². The second kappa shape index (κ2) is 7.15. The average molecular weight is 397 g/mol. The van der Waals surface area contributed by atoms with Gasteiger partial charge in [0, 0.05) is 21.7 Å². The van der Waals surface area contributed by atoms with E-state index in [1.54, 1.807) is 12.1 Å². The Bertz CT molecular complexity index is 1010. The first-order valence-corrected chi connectivity index (χ1v) is 8.68. The molecule has 0 aliphatic heterocycles. The number of hydrogen-bond acceptors (Lipinski definition) is 3. The summed E-state index contributed by atoms with van der Waals surface area (Å²) in [7, 11) is 0. The molecule has 0 radical (unpaired) electrons. The van der Waals surface area contributed by atoms with Crippen LogP contribution in [0.3, 0.4) is 0 Å². The van der Waals surface area contributed by atoms with E-state index >= 15 is 0 Å². The number of carbonyl (C=O) groups is 1. The third-order valence-electron chi connectivity index (χ3n) is 3.96. The van der Waals surface area contributed by atoms with Gasteiger partial charge in [-0.05, 0) is 37.6 Å². The molecule has 1 heterocycles. The Kier molecular flexibility index (Phi) is 4.95. The summed E-state index contributed by atoms with van der Waals surface area (Å²) in [6, 6.07) is 16.4. The van der Waals surface area contributed by atoms with Crippen LogP contribution in [0.4, 0.5) is 0 Å². The minimum atomic E-state index is -0.295. The summed E-state index contributed by atoms with van der Waals surface area (Å²) in [5, 5.41) is 4.36. The smallest absolute Gasteiger partial charge is 0.267 e. The van der Waals surface area contributed by atoms with Gasteiger partial charge in [0.1, 0.15) is 6.54 Å². The highest BCUT2D eigenvalue weighted by atomic mass is 79.9. The molecule has 2 aromatic carbocycles. The van der Waals surface area contributed by atoms with Crippen LogP contribution in [0.5, 0.6) is 0 Å². The van der Waals surface area contributed by atoms with Crippen molar-refractivity contribution >= 4 is 21.7 Å². The highest BCUT2D eigenvalue weighted by molar-refractivity contribution is 9.10. The van der Waals surface area contributed by atoms with Crippen molar-refractivity contribution < 1.29 is 4.79 Å². The maximum absolute atomic E-state index is 12.6. The Morgan fingerprint density at radius 1 is 1.08 bits per heavy atom. The summed E-state index contributed by atoms with van der Waals surface area (Å²) in [6.07, 6.45) is 0. The van der Waals surface area contributed by atoms with Gasteiger partial charge in [0.15, 0.2) is 5.78 Å². The lowest BCUT2D eigenvalue weighted by Gasteiger charge is -2.09. The van der Waals surface area contributed by atoms with Crippen molar-refractivity contribution in [2.45, 2.75) is 20.4 Å². The number of Topliss-reactive ketones (excluding diaryl/α,β-unsaturated/α-hetero) is 1. The van der Waals surface area contributed by atoms with E-state index in [2.05, 4.69) is 21.0 Å². The van der Waals surface area contributed by atoms with Crippen LogP contribution >= 0.6 is 15.9 Å². The molecule has 0 atom stereocenters. The Morgan fingerprint density at radius 3 is 2.60 bits per heavy atom. The Morgan fingerprint density at radius 2 is 1.88 bits per heavy atom. The summed E-state index contributed by atoms with van der Waals surface area (Å²) >= 11 is 3.43. The van der Waals surface area contributed by atoms with Crippen LogP contribution in [0.1, 0.15) is 21.5 Å². The maximum Gasteiger partial charge on any atom is 0.267 e. The van der Waals surface area contributed by atoms with Gasteiger partial charge >= 0.3 is 0 Å². The number of hydrogen-bond donors (Lipinski definition) is 0. The Hall–Kier alpha value is -2.53. The summed E-state index contributed by atoms with van der Waals surface area (Å²) < 4.78 is 2.15. The molecule has 1 aromatic heterocycles. The molecule has 0 saturated heterocycles. The monoisotopic (exact) mass is 396 g/mol. The average Bonchev–Trinajstić information content (AvgIpc) is 2.56. The van der Waals surface area contributed by atoms with Crippen molar-refractivity contribution in [1.82, 2.24) is 9.78 Å². The lowest BCUT2D eigenvalue weighted by Crippen LogP contribution is -2.26. The second-order valence-electron chi connectivity index (χ2n) is 5.97. The summed E-state index contributed by atoms with van der Waals surface area (Å²) in [5.74, 6) is -0.126. The molecule has 0 saturated carbocycles. The van der Waals surface area contributed by atoms with Crippen LogP contribution in [-0.2, 0) is 6.54 Å². The van der Waals surface area contributed by atoms with Gasteiger partial charge in [-0.1, -0.05) is 51.8 Å². The molecular formula is C20H17BrN2O2. The van der Waals surface area contributed by atoms with Crippen LogP contribution in [0, 0.1) is 13.8 Å². The number of ketones is 1. The van der Waals surface area contributed by atoms with Crippen molar-refractivity contribution in [3.05, 3.63) is 86.1 Å². The van der Waals surface area contributed by atoms with Gasteiger partial charge in [-0.3, -0.25) is 9.59 Å².